The predicted octanol–water partition coefficient (Wildman–Crippen LogP) is 4.06. The Balaban J connectivity index is 1.32. The van der Waals surface area contributed by atoms with Crippen molar-refractivity contribution in [2.75, 3.05) is 13.2 Å². The SMILES string of the molecule is CCCCCC1(CCCCC)O[C@@H]2[C@H](O1)[C@H]1ON(Cc3cccc(C=CCc4ccccc4O)c3)[C@H]3C(=O)O[C@@H]2C[C@@]13C(=O)N[C@@H](C(=O)NCCO)[C@H](C)O. The molecule has 13 nitrogen and oxygen atoms in total. The molecule has 8 atom stereocenters. The fourth-order valence-corrected chi connectivity index (χ4v) is 8.65. The van der Waals surface area contributed by atoms with E-state index in [1.54, 1.807) is 12.1 Å². The van der Waals surface area contributed by atoms with Crippen LogP contribution in [-0.2, 0) is 46.4 Å². The van der Waals surface area contributed by atoms with Crippen molar-refractivity contribution < 1.29 is 48.8 Å². The number of carbonyl (C=O) groups is 3. The second-order valence-electron chi connectivity index (χ2n) is 15.4. The first-order chi connectivity index (χ1) is 26.6. The third kappa shape index (κ3) is 8.62. The number of nitrogens with one attached hydrogen (secondary N) is 2. The van der Waals surface area contributed by atoms with E-state index in [4.69, 9.17) is 19.0 Å². The highest BCUT2D eigenvalue weighted by Gasteiger charge is 2.76. The second kappa shape index (κ2) is 18.0. The number of hydrogen-bond acceptors (Lipinski definition) is 11. The van der Waals surface area contributed by atoms with Gasteiger partial charge in [-0.25, -0.2) is 0 Å². The summed E-state index contributed by atoms with van der Waals surface area (Å²) in [5, 5.41) is 36.9. The number of ether oxygens (including phenoxy) is 3. The fourth-order valence-electron chi connectivity index (χ4n) is 8.65. The van der Waals surface area contributed by atoms with E-state index < -0.39 is 71.6 Å². The highest BCUT2D eigenvalue weighted by molar-refractivity contribution is 5.96. The van der Waals surface area contributed by atoms with Crippen molar-refractivity contribution in [3.63, 3.8) is 0 Å². The summed E-state index contributed by atoms with van der Waals surface area (Å²) in [6.07, 6.45) is 7.16. The molecule has 4 fully saturated rings. The first kappa shape index (κ1) is 40.8. The number of phenolic OH excluding ortho intramolecular Hbond substituents is 1. The van der Waals surface area contributed by atoms with Crippen LogP contribution in [0.1, 0.15) is 95.2 Å². The van der Waals surface area contributed by atoms with Gasteiger partial charge in [-0.1, -0.05) is 94.1 Å². The standard InChI is InChI=1S/C42H57N3O10/c1-4-6-10-20-41(21-11-7-5-2)53-34-32-25-42(40(51)44-33(27(3)47)38(49)43-22-23-46)36(39(50)52-32)45(55-37(42)35(34)54-41)26-29-16-12-14-28(24-29)15-13-18-30-17-8-9-19-31(30)48/h8-9,12-17,19,24,27,32-37,46-48H,4-7,10-11,18,20-23,25-26H2,1-3H3,(H,43,49)(H,44,51)/t27-,32+,33+,34-,35-,36-,37+,42-/m0/s1. The molecule has 2 bridgehead atoms. The monoisotopic (exact) mass is 763 g/mol. The van der Waals surface area contributed by atoms with Gasteiger partial charge in [-0.2, -0.15) is 5.06 Å². The Morgan fingerprint density at radius 1 is 1.02 bits per heavy atom. The van der Waals surface area contributed by atoms with Crippen LogP contribution in [0.4, 0.5) is 0 Å². The molecule has 300 valence electrons. The van der Waals surface area contributed by atoms with E-state index in [-0.39, 0.29) is 31.9 Å². The van der Waals surface area contributed by atoms with Gasteiger partial charge in [0.25, 0.3) is 0 Å². The Labute approximate surface area is 323 Å². The van der Waals surface area contributed by atoms with Crippen LogP contribution in [0.3, 0.4) is 0 Å². The number of aliphatic hydroxyl groups is 2. The summed E-state index contributed by atoms with van der Waals surface area (Å²) in [5.74, 6) is -2.63. The first-order valence-corrected chi connectivity index (χ1v) is 19.9. The van der Waals surface area contributed by atoms with Gasteiger partial charge in [-0.05, 0) is 48.9 Å². The van der Waals surface area contributed by atoms with Crippen molar-refractivity contribution in [1.29, 1.82) is 0 Å². The van der Waals surface area contributed by atoms with Crippen LogP contribution in [0.2, 0.25) is 0 Å². The largest absolute Gasteiger partial charge is 0.508 e. The molecule has 1 saturated carbocycles. The third-order valence-electron chi connectivity index (χ3n) is 11.4. The number of hydroxylamine groups is 2. The van der Waals surface area contributed by atoms with Gasteiger partial charge in [0.05, 0.1) is 19.3 Å². The van der Waals surface area contributed by atoms with Gasteiger partial charge in [-0.3, -0.25) is 19.2 Å². The Hall–Kier alpha value is -3.85. The molecule has 2 aromatic carbocycles. The number of rotatable bonds is 19. The molecule has 3 saturated heterocycles. The van der Waals surface area contributed by atoms with Crippen molar-refractivity contribution in [3.8, 4) is 5.75 Å². The predicted molar refractivity (Wildman–Crippen MR) is 203 cm³/mol. The summed E-state index contributed by atoms with van der Waals surface area (Å²) in [6, 6.07) is 12.4. The minimum Gasteiger partial charge on any atom is -0.508 e. The van der Waals surface area contributed by atoms with Crippen LogP contribution in [0, 0.1) is 5.41 Å². The number of nitrogens with zero attached hydrogens (tertiary/aromatic N) is 1. The summed E-state index contributed by atoms with van der Waals surface area (Å²) in [7, 11) is 0. The van der Waals surface area contributed by atoms with E-state index >= 15 is 0 Å². The molecule has 1 aliphatic carbocycles. The van der Waals surface area contributed by atoms with Gasteiger partial charge in [0.1, 0.15) is 41.6 Å². The van der Waals surface area contributed by atoms with E-state index in [9.17, 15) is 29.7 Å². The zero-order valence-electron chi connectivity index (χ0n) is 32.2. The molecule has 2 amide bonds. The Morgan fingerprint density at radius 2 is 1.75 bits per heavy atom. The summed E-state index contributed by atoms with van der Waals surface area (Å²) >= 11 is 0. The fraction of sp³-hybridized carbons (Fsp3) is 0.595. The molecule has 0 radical (unpaired) electrons. The van der Waals surface area contributed by atoms with Crippen LogP contribution < -0.4 is 10.6 Å². The van der Waals surface area contributed by atoms with Gasteiger partial charge >= 0.3 is 5.97 Å². The Bertz CT molecular complexity index is 1670. The van der Waals surface area contributed by atoms with Crippen LogP contribution >= 0.6 is 0 Å². The van der Waals surface area contributed by atoms with Crippen LogP contribution in [0.25, 0.3) is 6.08 Å². The molecule has 2 aromatic rings. The number of benzene rings is 2. The van der Waals surface area contributed by atoms with Crippen molar-refractivity contribution in [2.24, 2.45) is 5.41 Å². The molecule has 3 aliphatic heterocycles. The highest BCUT2D eigenvalue weighted by Crippen LogP contribution is 2.58. The number of hydrogen-bond donors (Lipinski definition) is 5. The van der Waals surface area contributed by atoms with Crippen molar-refractivity contribution in [1.82, 2.24) is 15.7 Å². The molecule has 0 spiro atoms. The maximum Gasteiger partial charge on any atom is 0.327 e. The van der Waals surface area contributed by atoms with E-state index in [0.29, 0.717) is 19.3 Å². The van der Waals surface area contributed by atoms with Crippen LogP contribution in [0.15, 0.2) is 54.6 Å². The Morgan fingerprint density at radius 3 is 2.44 bits per heavy atom. The first-order valence-electron chi connectivity index (χ1n) is 19.9. The lowest BCUT2D eigenvalue weighted by Gasteiger charge is -2.49. The van der Waals surface area contributed by atoms with E-state index in [1.165, 1.54) is 12.0 Å². The summed E-state index contributed by atoms with van der Waals surface area (Å²) in [4.78, 5) is 48.9. The normalized spacial score (nSPS) is 27.7. The van der Waals surface area contributed by atoms with Gasteiger partial charge in [0.2, 0.25) is 11.8 Å². The number of amides is 2. The molecule has 13 heteroatoms. The number of phenols is 1. The number of allylic oxidation sites excluding steroid dienone is 1. The zero-order valence-corrected chi connectivity index (χ0v) is 32.2. The van der Waals surface area contributed by atoms with Gasteiger partial charge in [0.15, 0.2) is 11.8 Å². The van der Waals surface area contributed by atoms with Crippen molar-refractivity contribution >= 4 is 23.9 Å². The van der Waals surface area contributed by atoms with E-state index in [0.717, 1.165) is 55.2 Å². The van der Waals surface area contributed by atoms with Gasteiger partial charge < -0.3 is 40.2 Å². The minimum atomic E-state index is -1.55. The molecule has 6 rings (SSSR count). The van der Waals surface area contributed by atoms with Crippen LogP contribution in [0.5, 0.6) is 5.75 Å². The number of carbonyl (C=O) groups excluding carboxylic acids is 3. The lowest BCUT2D eigenvalue weighted by Crippen LogP contribution is -2.71. The Kier molecular flexibility index (Phi) is 13.3. The number of aromatic hydroxyl groups is 1. The molecular weight excluding hydrogens is 706 g/mol. The average Bonchev–Trinajstić information content (AvgIpc) is 3.72. The average molecular weight is 764 g/mol. The molecule has 4 aliphatic rings. The van der Waals surface area contributed by atoms with Crippen LogP contribution in [-0.4, -0.2) is 99.7 Å². The van der Waals surface area contributed by atoms with Gasteiger partial charge in [0, 0.05) is 25.8 Å². The molecular formula is C42H57N3O10. The third-order valence-corrected chi connectivity index (χ3v) is 11.4. The maximum atomic E-state index is 14.8. The zero-order chi connectivity index (χ0) is 39.2. The lowest BCUT2D eigenvalue weighted by atomic mass is 9.62. The summed E-state index contributed by atoms with van der Waals surface area (Å²) in [6.45, 7) is 5.42. The molecule has 0 unspecified atom stereocenters. The topological polar surface area (TPSA) is 176 Å². The van der Waals surface area contributed by atoms with E-state index in [1.807, 2.05) is 48.6 Å². The number of unbranched alkanes of at least 4 members (excludes halogenated alkanes) is 4. The van der Waals surface area contributed by atoms with Crippen molar-refractivity contribution in [3.05, 3.63) is 71.3 Å². The minimum absolute atomic E-state index is 0.0599. The molecule has 55 heavy (non-hydrogen) atoms. The smallest absolute Gasteiger partial charge is 0.327 e. The highest BCUT2D eigenvalue weighted by atomic mass is 16.8. The van der Waals surface area contributed by atoms with Crippen molar-refractivity contribution in [2.45, 2.75) is 140 Å². The van der Waals surface area contributed by atoms with Gasteiger partial charge in [-0.15, -0.1) is 0 Å². The number of aliphatic hydroxyl groups excluding tert-OH is 2. The summed E-state index contributed by atoms with van der Waals surface area (Å²) in [5.41, 5.74) is 0.967. The molecule has 0 aromatic heterocycles. The number of para-hydroxylation sites is 1. The summed E-state index contributed by atoms with van der Waals surface area (Å²) < 4.78 is 19.9. The quantitative estimate of drug-likeness (QED) is 0.103. The molecule has 3 heterocycles. The second-order valence-corrected chi connectivity index (χ2v) is 15.4. The molecule has 5 N–H and O–H groups in total. The van der Waals surface area contributed by atoms with E-state index in [2.05, 4.69) is 24.5 Å². The maximum absolute atomic E-state index is 14.8. The number of fused-ring (bicyclic) bond motifs is 4. The number of esters is 1. The lowest BCUT2D eigenvalue weighted by molar-refractivity contribution is -0.224.